The number of ether oxygens (including phenoxy) is 1. The first kappa shape index (κ1) is 20.5. The van der Waals surface area contributed by atoms with Crippen molar-refractivity contribution in [2.24, 2.45) is 0 Å². The predicted octanol–water partition coefficient (Wildman–Crippen LogP) is 4.60. The molecule has 0 radical (unpaired) electrons. The third-order valence-electron chi connectivity index (χ3n) is 6.07. The molecule has 2 aromatic rings. The molecule has 30 heavy (non-hydrogen) atoms. The second kappa shape index (κ2) is 9.33. The maximum Gasteiger partial charge on any atom is 0.265 e. The molecule has 1 N–H and O–H groups in total. The number of amides is 2. The molecule has 1 atom stereocenters. The van der Waals surface area contributed by atoms with Crippen molar-refractivity contribution in [2.75, 3.05) is 18.4 Å². The zero-order chi connectivity index (χ0) is 20.9. The number of aryl methyl sites for hydroxylation is 2. The molecule has 1 aliphatic carbocycles. The number of anilines is 1. The molecule has 0 unspecified atom stereocenters. The minimum atomic E-state index is -0.610. The van der Waals surface area contributed by atoms with E-state index >= 15 is 0 Å². The lowest BCUT2D eigenvalue weighted by Crippen LogP contribution is -2.34. The average molecular weight is 407 g/mol. The van der Waals surface area contributed by atoms with Crippen LogP contribution in [0.2, 0.25) is 0 Å². The molecular formula is C25H30N2O3. The molecule has 5 nitrogen and oxygen atoms in total. The summed E-state index contributed by atoms with van der Waals surface area (Å²) in [6.45, 7) is 3.49. The summed E-state index contributed by atoms with van der Waals surface area (Å²) in [6, 6.07) is 13.4. The molecule has 2 aliphatic rings. The highest BCUT2D eigenvalue weighted by Crippen LogP contribution is 2.27. The number of benzene rings is 2. The van der Waals surface area contributed by atoms with E-state index in [4.69, 9.17) is 4.74 Å². The van der Waals surface area contributed by atoms with Crippen molar-refractivity contribution in [2.45, 2.75) is 58.0 Å². The number of hydrogen-bond acceptors (Lipinski definition) is 3. The first-order chi connectivity index (χ1) is 14.7. The third-order valence-corrected chi connectivity index (χ3v) is 6.07. The summed E-state index contributed by atoms with van der Waals surface area (Å²) in [5.41, 5.74) is 3.80. The molecule has 158 valence electrons. The number of rotatable bonds is 6. The number of fused-ring (bicyclic) bond motifs is 1. The van der Waals surface area contributed by atoms with Crippen LogP contribution < -0.4 is 10.1 Å². The molecule has 2 amide bonds. The molecule has 1 saturated heterocycles. The van der Waals surface area contributed by atoms with Gasteiger partial charge in [0.15, 0.2) is 6.10 Å². The molecule has 1 heterocycles. The van der Waals surface area contributed by atoms with Gasteiger partial charge in [0.05, 0.1) is 11.3 Å². The maximum atomic E-state index is 13.0. The molecule has 0 saturated carbocycles. The summed E-state index contributed by atoms with van der Waals surface area (Å²) in [5.74, 6) is 0.489. The van der Waals surface area contributed by atoms with E-state index < -0.39 is 6.10 Å². The Balaban J connectivity index is 1.47. The van der Waals surface area contributed by atoms with Gasteiger partial charge in [0.2, 0.25) is 0 Å². The Bertz CT molecular complexity index is 918. The van der Waals surface area contributed by atoms with E-state index in [1.165, 1.54) is 24.0 Å². The van der Waals surface area contributed by atoms with Crippen molar-refractivity contribution >= 4 is 17.5 Å². The van der Waals surface area contributed by atoms with E-state index in [9.17, 15) is 9.59 Å². The number of likely N-dealkylation sites (tertiary alicyclic amines) is 1. The molecular weight excluding hydrogens is 376 g/mol. The Morgan fingerprint density at radius 1 is 1.00 bits per heavy atom. The van der Waals surface area contributed by atoms with Crippen LogP contribution in [0.1, 0.15) is 60.5 Å². The fourth-order valence-corrected chi connectivity index (χ4v) is 4.35. The van der Waals surface area contributed by atoms with Crippen LogP contribution in [-0.4, -0.2) is 35.9 Å². The van der Waals surface area contributed by atoms with E-state index in [1.54, 1.807) is 12.1 Å². The van der Waals surface area contributed by atoms with Gasteiger partial charge in [-0.25, -0.2) is 0 Å². The Morgan fingerprint density at radius 2 is 1.73 bits per heavy atom. The van der Waals surface area contributed by atoms with Crippen molar-refractivity contribution in [1.29, 1.82) is 0 Å². The molecule has 0 spiro atoms. The Morgan fingerprint density at radius 3 is 2.50 bits per heavy atom. The van der Waals surface area contributed by atoms with E-state index in [0.29, 0.717) is 17.7 Å². The summed E-state index contributed by atoms with van der Waals surface area (Å²) in [6.07, 6.45) is 6.64. The summed E-state index contributed by atoms with van der Waals surface area (Å²) < 4.78 is 6.06. The molecule has 1 fully saturated rings. The lowest BCUT2D eigenvalue weighted by molar-refractivity contribution is -0.122. The van der Waals surface area contributed by atoms with E-state index in [-0.39, 0.29) is 11.8 Å². The fourth-order valence-electron chi connectivity index (χ4n) is 4.35. The summed E-state index contributed by atoms with van der Waals surface area (Å²) >= 11 is 0. The average Bonchev–Trinajstić information content (AvgIpc) is 3.32. The van der Waals surface area contributed by atoms with Crippen molar-refractivity contribution in [1.82, 2.24) is 4.90 Å². The summed E-state index contributed by atoms with van der Waals surface area (Å²) in [5, 5.41) is 2.94. The van der Waals surface area contributed by atoms with Crippen molar-refractivity contribution in [3.8, 4) is 5.75 Å². The minimum Gasteiger partial charge on any atom is -0.481 e. The van der Waals surface area contributed by atoms with Gasteiger partial charge in [-0.15, -0.1) is 0 Å². The van der Waals surface area contributed by atoms with Gasteiger partial charge in [-0.3, -0.25) is 9.59 Å². The van der Waals surface area contributed by atoms with Gasteiger partial charge in [0.25, 0.3) is 11.8 Å². The number of para-hydroxylation sites is 1. The molecule has 0 bridgehead atoms. The lowest BCUT2D eigenvalue weighted by atomic mass is 9.92. The minimum absolute atomic E-state index is 0.0212. The largest absolute Gasteiger partial charge is 0.481 e. The summed E-state index contributed by atoms with van der Waals surface area (Å²) in [4.78, 5) is 27.7. The third kappa shape index (κ3) is 4.50. The van der Waals surface area contributed by atoms with E-state index in [0.717, 1.165) is 44.5 Å². The first-order valence-corrected chi connectivity index (χ1v) is 11.1. The first-order valence-electron chi connectivity index (χ1n) is 11.1. The molecule has 0 aromatic heterocycles. The number of carbonyl (C=O) groups excluding carboxylic acids is 2. The standard InChI is InChI=1S/C25H30N2O3/c1-2-23(30-20-14-13-18-9-3-4-10-19(18)17-20)24(28)26-22-12-6-5-11-21(22)25(29)27-15-7-8-16-27/h5-6,11-14,17,23H,2-4,7-10,15-16H2,1H3,(H,26,28)/t23-/m0/s1. The van der Waals surface area contributed by atoms with Crippen molar-refractivity contribution < 1.29 is 14.3 Å². The van der Waals surface area contributed by atoms with Gasteiger partial charge in [0, 0.05) is 13.1 Å². The number of hydrogen-bond donors (Lipinski definition) is 1. The molecule has 5 heteroatoms. The maximum absolute atomic E-state index is 13.0. The van der Waals surface area contributed by atoms with Crippen LogP contribution in [0.25, 0.3) is 0 Å². The highest BCUT2D eigenvalue weighted by molar-refractivity contribution is 6.04. The SMILES string of the molecule is CC[C@H](Oc1ccc2c(c1)CCCC2)C(=O)Nc1ccccc1C(=O)N1CCCC1. The van der Waals surface area contributed by atoms with Gasteiger partial charge in [-0.2, -0.15) is 0 Å². The van der Waals surface area contributed by atoms with Crippen molar-refractivity contribution in [3.63, 3.8) is 0 Å². The number of carbonyl (C=O) groups is 2. The van der Waals surface area contributed by atoms with Crippen LogP contribution in [0.4, 0.5) is 5.69 Å². The molecule has 1 aliphatic heterocycles. The van der Waals surface area contributed by atoms with Crippen LogP contribution in [0.3, 0.4) is 0 Å². The van der Waals surface area contributed by atoms with Crippen LogP contribution in [0, 0.1) is 0 Å². The lowest BCUT2D eigenvalue weighted by Gasteiger charge is -2.22. The second-order valence-electron chi connectivity index (χ2n) is 8.19. The number of nitrogens with one attached hydrogen (secondary N) is 1. The second-order valence-corrected chi connectivity index (χ2v) is 8.19. The van der Waals surface area contributed by atoms with Gasteiger partial charge in [-0.1, -0.05) is 25.1 Å². The van der Waals surface area contributed by atoms with Crippen LogP contribution in [0.15, 0.2) is 42.5 Å². The van der Waals surface area contributed by atoms with Gasteiger partial charge >= 0.3 is 0 Å². The Labute approximate surface area is 178 Å². The Kier molecular flexibility index (Phi) is 6.36. The Hall–Kier alpha value is -2.82. The van der Waals surface area contributed by atoms with Gasteiger partial charge in [0.1, 0.15) is 5.75 Å². The van der Waals surface area contributed by atoms with Crippen LogP contribution >= 0.6 is 0 Å². The molecule has 4 rings (SSSR count). The smallest absolute Gasteiger partial charge is 0.265 e. The van der Waals surface area contributed by atoms with Crippen LogP contribution in [-0.2, 0) is 17.6 Å². The summed E-state index contributed by atoms with van der Waals surface area (Å²) in [7, 11) is 0. The van der Waals surface area contributed by atoms with E-state index in [1.807, 2.05) is 30.0 Å². The molecule has 2 aromatic carbocycles. The van der Waals surface area contributed by atoms with Crippen LogP contribution in [0.5, 0.6) is 5.75 Å². The monoisotopic (exact) mass is 406 g/mol. The predicted molar refractivity (Wildman–Crippen MR) is 118 cm³/mol. The quantitative estimate of drug-likeness (QED) is 0.763. The normalized spacial score (nSPS) is 16.6. The zero-order valence-electron chi connectivity index (χ0n) is 17.7. The van der Waals surface area contributed by atoms with Crippen molar-refractivity contribution in [3.05, 3.63) is 59.2 Å². The number of nitrogens with zero attached hydrogens (tertiary/aromatic N) is 1. The fraction of sp³-hybridized carbons (Fsp3) is 0.440. The highest BCUT2D eigenvalue weighted by atomic mass is 16.5. The van der Waals surface area contributed by atoms with Gasteiger partial charge < -0.3 is 15.0 Å². The topological polar surface area (TPSA) is 58.6 Å². The zero-order valence-corrected chi connectivity index (χ0v) is 17.7. The van der Waals surface area contributed by atoms with E-state index in [2.05, 4.69) is 17.4 Å². The highest BCUT2D eigenvalue weighted by Gasteiger charge is 2.25. The van der Waals surface area contributed by atoms with Gasteiger partial charge in [-0.05, 0) is 80.3 Å².